The van der Waals surface area contributed by atoms with Crippen molar-refractivity contribution in [2.45, 2.75) is 56.8 Å². The fourth-order valence-electron chi connectivity index (χ4n) is 13.7. The summed E-state index contributed by atoms with van der Waals surface area (Å²) >= 11 is 0. The summed E-state index contributed by atoms with van der Waals surface area (Å²) in [7, 11) is 0. The van der Waals surface area contributed by atoms with Crippen molar-refractivity contribution in [2.75, 3.05) is 4.90 Å². The number of rotatable bonds is 6. The fraction of sp³-hybridized carbons (Fsp3) is 0.213. The molecule has 14 rings (SSSR count). The molecule has 0 aromatic heterocycles. The number of hydrogen-bond acceptors (Lipinski definition) is 1. The quantitative estimate of drug-likeness (QED) is 0.162. The summed E-state index contributed by atoms with van der Waals surface area (Å²) < 4.78 is 13.8. The van der Waals surface area contributed by atoms with Gasteiger partial charge in [-0.15, -0.1) is 0 Å². The van der Waals surface area contributed by atoms with E-state index in [9.17, 15) is 4.39 Å². The van der Waals surface area contributed by atoms with Crippen LogP contribution in [0.5, 0.6) is 0 Å². The highest BCUT2D eigenvalue weighted by molar-refractivity contribution is 5.90. The summed E-state index contributed by atoms with van der Waals surface area (Å²) in [6.07, 6.45) is 7.12. The predicted molar refractivity (Wildman–Crippen MR) is 258 cm³/mol. The van der Waals surface area contributed by atoms with Crippen LogP contribution in [-0.4, -0.2) is 0 Å². The molecule has 6 aliphatic rings. The molecule has 2 heteroatoms. The number of benzene rings is 8. The van der Waals surface area contributed by atoms with Crippen molar-refractivity contribution < 1.29 is 4.39 Å². The van der Waals surface area contributed by atoms with Gasteiger partial charge >= 0.3 is 0 Å². The topological polar surface area (TPSA) is 3.24 Å². The molecule has 0 saturated heterocycles. The molecule has 0 amide bonds. The lowest BCUT2D eigenvalue weighted by atomic mass is 9.43. The number of hydrogen-bond donors (Lipinski definition) is 0. The summed E-state index contributed by atoms with van der Waals surface area (Å²) in [5.74, 6) is 3.21. The van der Waals surface area contributed by atoms with E-state index in [0.29, 0.717) is 0 Å². The minimum Gasteiger partial charge on any atom is -0.310 e. The Morgan fingerprint density at radius 2 is 0.841 bits per heavy atom. The summed E-state index contributed by atoms with van der Waals surface area (Å²) in [5, 5.41) is 0. The molecule has 306 valence electrons. The van der Waals surface area contributed by atoms with Crippen molar-refractivity contribution in [3.63, 3.8) is 0 Å². The molecule has 0 heterocycles. The molecule has 0 N–H and O–H groups in total. The molecule has 0 radical (unpaired) electrons. The van der Waals surface area contributed by atoms with Gasteiger partial charge in [0.2, 0.25) is 0 Å². The van der Waals surface area contributed by atoms with E-state index in [1.807, 2.05) is 12.1 Å². The van der Waals surface area contributed by atoms with Gasteiger partial charge in [-0.2, -0.15) is 0 Å². The summed E-state index contributed by atoms with van der Waals surface area (Å²) in [4.78, 5) is 2.37. The van der Waals surface area contributed by atoms with Crippen LogP contribution in [-0.2, 0) is 10.8 Å². The molecule has 8 aromatic carbocycles. The Balaban J connectivity index is 0.871. The lowest BCUT2D eigenvalue weighted by Gasteiger charge is -2.61. The van der Waals surface area contributed by atoms with E-state index in [1.165, 1.54) is 99.9 Å². The maximum Gasteiger partial charge on any atom is 0.123 e. The van der Waals surface area contributed by atoms with Crippen molar-refractivity contribution in [3.05, 3.63) is 210 Å². The second-order valence-corrected chi connectivity index (χ2v) is 19.9. The second kappa shape index (κ2) is 13.7. The van der Waals surface area contributed by atoms with Gasteiger partial charge in [0.25, 0.3) is 0 Å². The lowest BCUT2D eigenvalue weighted by Crippen LogP contribution is -2.55. The zero-order valence-electron chi connectivity index (χ0n) is 36.0. The van der Waals surface area contributed by atoms with Crippen molar-refractivity contribution in [3.8, 4) is 55.6 Å². The highest BCUT2D eigenvalue weighted by atomic mass is 19.1. The normalized spacial score (nSPS) is 22.7. The van der Waals surface area contributed by atoms with Gasteiger partial charge in [-0.05, 0) is 194 Å². The Morgan fingerprint density at radius 3 is 1.49 bits per heavy atom. The molecule has 8 aromatic rings. The molecule has 1 nitrogen and oxygen atoms in total. The third kappa shape index (κ3) is 5.53. The molecular formula is C61H50FN. The Morgan fingerprint density at radius 1 is 0.381 bits per heavy atom. The first-order chi connectivity index (χ1) is 30.8. The van der Waals surface area contributed by atoms with Crippen LogP contribution in [0.15, 0.2) is 182 Å². The van der Waals surface area contributed by atoms with Crippen molar-refractivity contribution >= 4 is 17.1 Å². The van der Waals surface area contributed by atoms with Crippen LogP contribution < -0.4 is 4.90 Å². The summed E-state index contributed by atoms with van der Waals surface area (Å²) in [6, 6.07) is 66.2. The van der Waals surface area contributed by atoms with E-state index in [0.717, 1.165) is 51.9 Å². The summed E-state index contributed by atoms with van der Waals surface area (Å²) in [6.45, 7) is 4.80. The Kier molecular flexibility index (Phi) is 8.09. The van der Waals surface area contributed by atoms with Crippen LogP contribution in [0, 0.1) is 29.5 Å². The van der Waals surface area contributed by atoms with Crippen LogP contribution >= 0.6 is 0 Å². The van der Waals surface area contributed by atoms with Crippen LogP contribution in [0.3, 0.4) is 0 Å². The molecule has 63 heavy (non-hydrogen) atoms. The van der Waals surface area contributed by atoms with E-state index in [4.69, 9.17) is 0 Å². The third-order valence-corrected chi connectivity index (χ3v) is 16.3. The maximum absolute atomic E-state index is 13.8. The van der Waals surface area contributed by atoms with Gasteiger partial charge < -0.3 is 4.90 Å². The number of halogens is 1. The fourth-order valence-corrected chi connectivity index (χ4v) is 13.7. The minimum absolute atomic E-state index is 0.194. The van der Waals surface area contributed by atoms with Gasteiger partial charge in [0.1, 0.15) is 5.82 Å². The first-order valence-electron chi connectivity index (χ1n) is 23.2. The highest BCUT2D eigenvalue weighted by Gasteiger charge is 2.61. The second-order valence-electron chi connectivity index (χ2n) is 19.9. The van der Waals surface area contributed by atoms with E-state index in [-0.39, 0.29) is 16.6 Å². The SMILES string of the molecule is CC1(C)c2cc(-c3ccc4c(c3)-c3ccccc3C43C4CC5CC(C4)CC3C5)ccc2-c2ccc(N(c3ccc(-c4ccccc4)cc3)c3ccc(-c4ccc(F)cc4)cc3)cc21. The van der Waals surface area contributed by atoms with E-state index in [2.05, 4.69) is 176 Å². The van der Waals surface area contributed by atoms with Crippen LogP contribution in [0.2, 0.25) is 0 Å². The maximum atomic E-state index is 13.8. The zero-order chi connectivity index (χ0) is 42.0. The molecule has 0 aliphatic heterocycles. The number of fused-ring (bicyclic) bond motifs is 6. The van der Waals surface area contributed by atoms with E-state index < -0.39 is 0 Å². The van der Waals surface area contributed by atoms with Gasteiger partial charge in [-0.25, -0.2) is 4.39 Å². The Labute approximate surface area is 370 Å². The molecule has 4 bridgehead atoms. The number of nitrogens with zero attached hydrogens (tertiary/aromatic N) is 1. The van der Waals surface area contributed by atoms with E-state index in [1.54, 1.807) is 11.1 Å². The van der Waals surface area contributed by atoms with Crippen LogP contribution in [0.25, 0.3) is 55.6 Å². The standard InChI is InChI=1S/C61H50FN/c1-60(2)58-36-45(44-19-29-57-55(35-44)52-10-6-7-11-56(52)61(57)46-31-38-30-39(33-46)34-47(61)32-38)18-27-53(58)54-28-26-51(37-59(54)60)63(49-22-14-42(15-23-49)40-8-4-3-5-9-40)50-24-16-43(17-25-50)41-12-20-48(62)21-13-41/h3-29,35-39,46-47H,30-34H2,1-2H3. The third-order valence-electron chi connectivity index (χ3n) is 16.3. The lowest BCUT2D eigenvalue weighted by molar-refractivity contribution is -0.0399. The molecule has 6 aliphatic carbocycles. The van der Waals surface area contributed by atoms with Gasteiger partial charge in [-0.3, -0.25) is 0 Å². The molecule has 4 saturated carbocycles. The number of anilines is 3. The van der Waals surface area contributed by atoms with Crippen LogP contribution in [0.4, 0.5) is 21.5 Å². The monoisotopic (exact) mass is 815 g/mol. The first kappa shape index (κ1) is 37.1. The summed E-state index contributed by atoms with van der Waals surface area (Å²) in [5.41, 5.74) is 21.9. The average molecular weight is 816 g/mol. The van der Waals surface area contributed by atoms with Gasteiger partial charge in [0.05, 0.1) is 0 Å². The first-order valence-corrected chi connectivity index (χ1v) is 23.2. The Hall–Kier alpha value is -6.51. The molecular weight excluding hydrogens is 766 g/mol. The molecule has 0 unspecified atom stereocenters. The van der Waals surface area contributed by atoms with Crippen molar-refractivity contribution in [1.82, 2.24) is 0 Å². The Bertz CT molecular complexity index is 3060. The molecule has 0 atom stereocenters. The zero-order valence-corrected chi connectivity index (χ0v) is 36.0. The molecule has 1 spiro atoms. The van der Waals surface area contributed by atoms with Gasteiger partial charge in [0, 0.05) is 27.9 Å². The van der Waals surface area contributed by atoms with Gasteiger partial charge in [-0.1, -0.05) is 135 Å². The van der Waals surface area contributed by atoms with Gasteiger partial charge in [0.15, 0.2) is 0 Å². The van der Waals surface area contributed by atoms with E-state index >= 15 is 0 Å². The average Bonchev–Trinajstić information content (AvgIpc) is 3.73. The predicted octanol–water partition coefficient (Wildman–Crippen LogP) is 16.3. The van der Waals surface area contributed by atoms with Crippen molar-refractivity contribution in [1.29, 1.82) is 0 Å². The smallest absolute Gasteiger partial charge is 0.123 e. The largest absolute Gasteiger partial charge is 0.310 e. The van der Waals surface area contributed by atoms with Crippen LogP contribution in [0.1, 0.15) is 68.2 Å². The minimum atomic E-state index is -0.224. The highest BCUT2D eigenvalue weighted by Crippen LogP contribution is 2.69. The molecule has 4 fully saturated rings. The van der Waals surface area contributed by atoms with Crippen molar-refractivity contribution in [2.24, 2.45) is 23.7 Å².